The van der Waals surface area contributed by atoms with E-state index in [0.717, 1.165) is 70.6 Å². The van der Waals surface area contributed by atoms with Crippen molar-refractivity contribution in [2.75, 3.05) is 33.4 Å². The van der Waals surface area contributed by atoms with Crippen LogP contribution in [0.1, 0.15) is 181 Å². The van der Waals surface area contributed by atoms with E-state index < -0.39 is 26.5 Å². The largest absolute Gasteiger partial charge is 0.472 e. The highest BCUT2D eigenvalue weighted by molar-refractivity contribution is 7.47. The SMILES string of the molecule is CCCCC/C=C\C/C=C\C/C=C\CCCCCCC(=O)OC(COC(=O)CCCCCCCCC/C=C\CCCCCC)COP(=O)(O)OCCNC. The van der Waals surface area contributed by atoms with Crippen LogP contribution < -0.4 is 5.32 Å². The monoisotopic (exact) mass is 782 g/mol. The molecule has 9 nitrogen and oxygen atoms in total. The number of phosphoric acid groups is 1. The van der Waals surface area contributed by atoms with Crippen molar-refractivity contribution in [3.05, 3.63) is 48.6 Å². The average molecular weight is 782 g/mol. The fourth-order valence-electron chi connectivity index (χ4n) is 5.61. The number of allylic oxidation sites excluding steroid dienone is 8. The zero-order valence-electron chi connectivity index (χ0n) is 34.7. The zero-order chi connectivity index (χ0) is 39.6. The molecule has 0 aromatic heterocycles. The van der Waals surface area contributed by atoms with Gasteiger partial charge in [0.25, 0.3) is 0 Å². The zero-order valence-corrected chi connectivity index (χ0v) is 35.6. The van der Waals surface area contributed by atoms with Crippen molar-refractivity contribution in [2.45, 2.75) is 187 Å². The van der Waals surface area contributed by atoms with Crippen molar-refractivity contribution < 1.29 is 37.6 Å². The van der Waals surface area contributed by atoms with E-state index in [9.17, 15) is 19.0 Å². The Bertz CT molecular complexity index is 1030. The summed E-state index contributed by atoms with van der Waals surface area (Å²) in [6.45, 7) is 4.15. The molecule has 0 bridgehead atoms. The van der Waals surface area contributed by atoms with Crippen molar-refractivity contribution in [3.8, 4) is 0 Å². The third-order valence-corrected chi connectivity index (χ3v) is 9.91. The maximum atomic E-state index is 12.6. The second-order valence-corrected chi connectivity index (χ2v) is 15.6. The summed E-state index contributed by atoms with van der Waals surface area (Å²) in [5, 5.41) is 2.82. The number of phosphoric ester groups is 1. The molecule has 0 saturated carbocycles. The smallest absolute Gasteiger partial charge is 0.462 e. The minimum Gasteiger partial charge on any atom is -0.462 e. The third kappa shape index (κ3) is 39.7. The number of esters is 2. The lowest BCUT2D eigenvalue weighted by Crippen LogP contribution is -2.29. The van der Waals surface area contributed by atoms with Crippen molar-refractivity contribution in [1.29, 1.82) is 0 Å². The molecular weight excluding hydrogens is 701 g/mol. The minimum atomic E-state index is -4.36. The molecule has 54 heavy (non-hydrogen) atoms. The Morgan fingerprint density at radius 3 is 1.54 bits per heavy atom. The number of carbonyl (C=O) groups excluding carboxylic acids is 2. The third-order valence-electron chi connectivity index (χ3n) is 8.92. The van der Waals surface area contributed by atoms with Crippen LogP contribution in [0.5, 0.6) is 0 Å². The molecule has 0 spiro atoms. The minimum absolute atomic E-state index is 0.0235. The van der Waals surface area contributed by atoms with Crippen LogP contribution in [0.3, 0.4) is 0 Å². The van der Waals surface area contributed by atoms with E-state index in [1.165, 1.54) is 77.0 Å². The van der Waals surface area contributed by atoms with E-state index in [2.05, 4.69) is 67.8 Å². The van der Waals surface area contributed by atoms with Crippen LogP contribution in [0, 0.1) is 0 Å². The fourth-order valence-corrected chi connectivity index (χ4v) is 6.36. The predicted molar refractivity (Wildman–Crippen MR) is 224 cm³/mol. The molecule has 10 heteroatoms. The van der Waals surface area contributed by atoms with Crippen LogP contribution in [0.2, 0.25) is 0 Å². The molecule has 0 fully saturated rings. The van der Waals surface area contributed by atoms with E-state index in [4.69, 9.17) is 18.5 Å². The van der Waals surface area contributed by atoms with Gasteiger partial charge in [-0.15, -0.1) is 0 Å². The number of unbranched alkanes of at least 4 members (excludes halogenated alkanes) is 18. The molecule has 0 aromatic carbocycles. The van der Waals surface area contributed by atoms with Gasteiger partial charge in [0.2, 0.25) is 0 Å². The lowest BCUT2D eigenvalue weighted by Gasteiger charge is -2.20. The van der Waals surface area contributed by atoms with Gasteiger partial charge >= 0.3 is 19.8 Å². The van der Waals surface area contributed by atoms with Crippen LogP contribution in [-0.2, 0) is 32.7 Å². The first-order chi connectivity index (χ1) is 26.3. The first-order valence-electron chi connectivity index (χ1n) is 21.6. The van der Waals surface area contributed by atoms with Gasteiger partial charge in [-0.25, -0.2) is 4.57 Å². The highest BCUT2D eigenvalue weighted by Crippen LogP contribution is 2.43. The van der Waals surface area contributed by atoms with Crippen LogP contribution in [0.4, 0.5) is 0 Å². The molecule has 0 heterocycles. The Morgan fingerprint density at radius 2 is 1.00 bits per heavy atom. The van der Waals surface area contributed by atoms with Crippen LogP contribution in [-0.4, -0.2) is 56.3 Å². The Hall–Kier alpha value is -2.03. The second kappa shape index (κ2) is 40.6. The summed E-state index contributed by atoms with van der Waals surface area (Å²) < 4.78 is 33.2. The summed E-state index contributed by atoms with van der Waals surface area (Å²) in [4.78, 5) is 35.0. The lowest BCUT2D eigenvalue weighted by molar-refractivity contribution is -0.161. The summed E-state index contributed by atoms with van der Waals surface area (Å²) in [7, 11) is -2.66. The number of carbonyl (C=O) groups is 2. The van der Waals surface area contributed by atoms with Gasteiger partial charge < -0.3 is 19.7 Å². The molecule has 0 aliphatic rings. The molecule has 0 radical (unpaired) electrons. The van der Waals surface area contributed by atoms with Gasteiger partial charge in [-0.3, -0.25) is 18.6 Å². The van der Waals surface area contributed by atoms with Gasteiger partial charge in [-0.2, -0.15) is 0 Å². The van der Waals surface area contributed by atoms with Gasteiger partial charge in [0.05, 0.1) is 13.2 Å². The van der Waals surface area contributed by atoms with Crippen molar-refractivity contribution in [1.82, 2.24) is 5.32 Å². The van der Waals surface area contributed by atoms with Gasteiger partial charge in [-0.05, 0) is 84.1 Å². The summed E-state index contributed by atoms with van der Waals surface area (Å²) in [6, 6.07) is 0. The Morgan fingerprint density at radius 1 is 0.574 bits per heavy atom. The summed E-state index contributed by atoms with van der Waals surface area (Å²) in [5.41, 5.74) is 0. The molecule has 0 rings (SSSR count). The van der Waals surface area contributed by atoms with Crippen molar-refractivity contribution in [2.24, 2.45) is 0 Å². The molecule has 0 aliphatic heterocycles. The summed E-state index contributed by atoms with van der Waals surface area (Å²) in [6.07, 6.45) is 44.3. The first kappa shape index (κ1) is 52.0. The fraction of sp³-hybridized carbons (Fsp3) is 0.773. The van der Waals surface area contributed by atoms with Crippen LogP contribution in [0.15, 0.2) is 48.6 Å². The van der Waals surface area contributed by atoms with E-state index in [-0.39, 0.29) is 32.0 Å². The summed E-state index contributed by atoms with van der Waals surface area (Å²) in [5.74, 6) is -0.838. The molecule has 314 valence electrons. The quantitative estimate of drug-likeness (QED) is 0.0271. The van der Waals surface area contributed by atoms with Crippen molar-refractivity contribution >= 4 is 19.8 Å². The Kier molecular flexibility index (Phi) is 39.1. The number of nitrogens with one attached hydrogen (secondary N) is 1. The first-order valence-corrected chi connectivity index (χ1v) is 23.1. The van der Waals surface area contributed by atoms with Crippen LogP contribution >= 0.6 is 7.82 Å². The van der Waals surface area contributed by atoms with E-state index in [1.807, 2.05) is 0 Å². The number of rotatable bonds is 40. The number of hydrogen-bond donors (Lipinski definition) is 2. The molecule has 0 saturated heterocycles. The van der Waals surface area contributed by atoms with Crippen molar-refractivity contribution in [3.63, 3.8) is 0 Å². The van der Waals surface area contributed by atoms with Gasteiger partial charge in [-0.1, -0.05) is 140 Å². The standard InChI is InChI=1S/C44H80NO8P/c1-4-6-8-10-12-14-16-18-20-21-23-25-27-29-31-33-35-37-44(47)53-42(41-52-54(48,49)51-39-38-45-3)40-50-43(46)36-34-32-30-28-26-24-22-19-17-15-13-11-9-7-5-2/h12,14-15,17-18,20,23,25,42,45H,4-11,13,16,19,21-22,24,26-41H2,1-3H3,(H,48,49)/b14-12-,17-15-,20-18-,25-23-. The Balaban J connectivity index is 4.29. The number of ether oxygens (including phenoxy) is 2. The van der Waals surface area contributed by atoms with Crippen LogP contribution in [0.25, 0.3) is 0 Å². The number of hydrogen-bond acceptors (Lipinski definition) is 8. The maximum absolute atomic E-state index is 12.6. The normalized spacial score (nSPS) is 13.8. The molecule has 2 atom stereocenters. The average Bonchev–Trinajstić information content (AvgIpc) is 3.15. The molecule has 2 N–H and O–H groups in total. The molecular formula is C44H80NO8P. The molecule has 0 aromatic rings. The topological polar surface area (TPSA) is 120 Å². The van der Waals surface area contributed by atoms with E-state index in [0.29, 0.717) is 13.0 Å². The lowest BCUT2D eigenvalue weighted by atomic mass is 10.1. The molecule has 0 amide bonds. The predicted octanol–water partition coefficient (Wildman–Crippen LogP) is 12.2. The second-order valence-electron chi connectivity index (χ2n) is 14.2. The van der Waals surface area contributed by atoms with Gasteiger partial charge in [0.15, 0.2) is 6.10 Å². The molecule has 2 unspecified atom stereocenters. The van der Waals surface area contributed by atoms with E-state index >= 15 is 0 Å². The Labute approximate surface area is 330 Å². The maximum Gasteiger partial charge on any atom is 0.472 e. The van der Waals surface area contributed by atoms with Gasteiger partial charge in [0, 0.05) is 19.4 Å². The molecule has 0 aliphatic carbocycles. The summed E-state index contributed by atoms with van der Waals surface area (Å²) >= 11 is 0. The van der Waals surface area contributed by atoms with Gasteiger partial charge in [0.1, 0.15) is 6.61 Å². The van der Waals surface area contributed by atoms with E-state index in [1.54, 1.807) is 7.05 Å². The highest BCUT2D eigenvalue weighted by Gasteiger charge is 2.26. The highest BCUT2D eigenvalue weighted by atomic mass is 31.2. The number of likely N-dealkylation sites (N-methyl/N-ethyl adjacent to an activating group) is 1.